The van der Waals surface area contributed by atoms with Crippen molar-refractivity contribution in [1.29, 1.82) is 0 Å². The lowest BCUT2D eigenvalue weighted by Gasteiger charge is -2.10. The molecule has 0 unspecified atom stereocenters. The number of hydroxylamine groups is 1. The molecule has 0 saturated heterocycles. The van der Waals surface area contributed by atoms with Gasteiger partial charge in [0.05, 0.1) is 12.2 Å². The highest BCUT2D eigenvalue weighted by Gasteiger charge is 2.25. The summed E-state index contributed by atoms with van der Waals surface area (Å²) in [5.41, 5.74) is 4.97. The molecule has 7 heteroatoms. The van der Waals surface area contributed by atoms with Gasteiger partial charge in [-0.25, -0.2) is 14.9 Å². The second kappa shape index (κ2) is 7.93. The molecule has 1 fully saturated rings. The third-order valence-corrected chi connectivity index (χ3v) is 5.82. The number of benzene rings is 1. The molecule has 1 aromatic carbocycles. The molecule has 0 radical (unpaired) electrons. The number of carbonyl (C=O) groups excluding carboxylic acids is 1. The number of carbonyl (C=O) groups is 1. The Morgan fingerprint density at radius 2 is 2.21 bits per heavy atom. The SMILES string of the molecule is CSc1ccc(Cc2c(C(=O)NOCC3CC3)c3cccnc3n2C)c(F)c1. The van der Waals surface area contributed by atoms with Crippen LogP contribution in [-0.2, 0) is 18.3 Å². The van der Waals surface area contributed by atoms with Crippen LogP contribution in [0.3, 0.4) is 0 Å². The molecule has 0 bridgehead atoms. The Hall–Kier alpha value is -2.38. The highest BCUT2D eigenvalue weighted by Crippen LogP contribution is 2.29. The van der Waals surface area contributed by atoms with Gasteiger partial charge in [0.2, 0.25) is 0 Å². The van der Waals surface area contributed by atoms with Gasteiger partial charge in [-0.15, -0.1) is 11.8 Å². The van der Waals surface area contributed by atoms with Crippen LogP contribution in [0.4, 0.5) is 4.39 Å². The standard InChI is InChI=1S/C21H22FN3O2S/c1-25-18(10-14-7-8-15(28-2)11-17(14)22)19(16-4-3-9-23-20(16)25)21(26)24-27-12-13-5-6-13/h3-4,7-9,11,13H,5-6,10,12H2,1-2H3,(H,24,26). The van der Waals surface area contributed by atoms with Crippen LogP contribution in [0.2, 0.25) is 0 Å². The minimum atomic E-state index is -0.324. The Morgan fingerprint density at radius 1 is 1.39 bits per heavy atom. The normalized spacial score (nSPS) is 13.8. The first kappa shape index (κ1) is 19.0. The molecule has 28 heavy (non-hydrogen) atoms. The van der Waals surface area contributed by atoms with E-state index in [1.165, 1.54) is 17.8 Å². The van der Waals surface area contributed by atoms with Gasteiger partial charge < -0.3 is 4.57 Å². The molecule has 1 aliphatic rings. The summed E-state index contributed by atoms with van der Waals surface area (Å²) in [6, 6.07) is 8.84. The van der Waals surface area contributed by atoms with Crippen molar-refractivity contribution in [2.75, 3.05) is 12.9 Å². The summed E-state index contributed by atoms with van der Waals surface area (Å²) < 4.78 is 16.4. The number of hydrogen-bond acceptors (Lipinski definition) is 4. The zero-order valence-corrected chi connectivity index (χ0v) is 16.7. The second-order valence-electron chi connectivity index (χ2n) is 7.07. The van der Waals surface area contributed by atoms with E-state index >= 15 is 0 Å². The molecule has 0 spiro atoms. The van der Waals surface area contributed by atoms with E-state index in [1.807, 2.05) is 30.0 Å². The van der Waals surface area contributed by atoms with Crippen molar-refractivity contribution in [1.82, 2.24) is 15.0 Å². The Bertz CT molecular complexity index is 1030. The number of fused-ring (bicyclic) bond motifs is 1. The van der Waals surface area contributed by atoms with Crippen LogP contribution in [0.1, 0.15) is 34.5 Å². The maximum Gasteiger partial charge on any atom is 0.277 e. The zero-order chi connectivity index (χ0) is 19.7. The molecular formula is C21H22FN3O2S. The van der Waals surface area contributed by atoms with Crippen LogP contribution in [0, 0.1) is 11.7 Å². The molecule has 2 heterocycles. The largest absolute Gasteiger partial charge is 0.332 e. The lowest BCUT2D eigenvalue weighted by atomic mass is 10.0. The monoisotopic (exact) mass is 399 g/mol. The van der Waals surface area contributed by atoms with E-state index in [0.29, 0.717) is 41.4 Å². The highest BCUT2D eigenvalue weighted by atomic mass is 32.2. The number of aryl methyl sites for hydroxylation is 1. The van der Waals surface area contributed by atoms with Gasteiger partial charge >= 0.3 is 0 Å². The van der Waals surface area contributed by atoms with Crippen molar-refractivity contribution in [3.8, 4) is 0 Å². The molecule has 0 aliphatic heterocycles. The molecule has 5 nitrogen and oxygen atoms in total. The van der Waals surface area contributed by atoms with Crippen LogP contribution in [-0.4, -0.2) is 28.3 Å². The van der Waals surface area contributed by atoms with Crippen molar-refractivity contribution < 1.29 is 14.0 Å². The van der Waals surface area contributed by atoms with Gasteiger partial charge in [0, 0.05) is 35.6 Å². The molecule has 4 rings (SSSR count). The van der Waals surface area contributed by atoms with Gasteiger partial charge in [-0.05, 0) is 54.8 Å². The number of rotatable bonds is 7. The first-order chi connectivity index (χ1) is 13.6. The Kier molecular flexibility index (Phi) is 5.37. The predicted molar refractivity (Wildman–Crippen MR) is 108 cm³/mol. The maximum atomic E-state index is 14.6. The van der Waals surface area contributed by atoms with Gasteiger partial charge in [0.25, 0.3) is 5.91 Å². The minimum Gasteiger partial charge on any atom is -0.332 e. The summed E-state index contributed by atoms with van der Waals surface area (Å²) in [7, 11) is 1.85. The lowest BCUT2D eigenvalue weighted by Crippen LogP contribution is -2.26. The number of nitrogens with zero attached hydrogens (tertiary/aromatic N) is 2. The van der Waals surface area contributed by atoms with Crippen LogP contribution in [0.15, 0.2) is 41.4 Å². The number of nitrogens with one attached hydrogen (secondary N) is 1. The van der Waals surface area contributed by atoms with E-state index < -0.39 is 0 Å². The van der Waals surface area contributed by atoms with Crippen molar-refractivity contribution >= 4 is 28.7 Å². The average molecular weight is 399 g/mol. The fourth-order valence-corrected chi connectivity index (χ4v) is 3.74. The predicted octanol–water partition coefficient (Wildman–Crippen LogP) is 4.10. The average Bonchev–Trinajstić information content (AvgIpc) is 3.48. The van der Waals surface area contributed by atoms with Crippen molar-refractivity contribution in [3.63, 3.8) is 0 Å². The quantitative estimate of drug-likeness (QED) is 0.480. The molecule has 1 N–H and O–H groups in total. The third-order valence-electron chi connectivity index (χ3n) is 5.09. The van der Waals surface area contributed by atoms with Crippen LogP contribution < -0.4 is 5.48 Å². The second-order valence-corrected chi connectivity index (χ2v) is 7.95. The van der Waals surface area contributed by atoms with E-state index in [0.717, 1.165) is 23.1 Å². The highest BCUT2D eigenvalue weighted by molar-refractivity contribution is 7.98. The summed E-state index contributed by atoms with van der Waals surface area (Å²) >= 11 is 1.49. The minimum absolute atomic E-state index is 0.276. The fourth-order valence-electron chi connectivity index (χ4n) is 3.31. The van der Waals surface area contributed by atoms with Crippen molar-refractivity contribution in [3.05, 3.63) is 59.2 Å². The van der Waals surface area contributed by atoms with E-state index in [9.17, 15) is 9.18 Å². The molecular weight excluding hydrogens is 377 g/mol. The molecule has 1 saturated carbocycles. The van der Waals surface area contributed by atoms with Gasteiger partial charge in [0.1, 0.15) is 11.5 Å². The Morgan fingerprint density at radius 3 is 2.93 bits per heavy atom. The first-order valence-electron chi connectivity index (χ1n) is 9.25. The molecule has 0 atom stereocenters. The number of aromatic nitrogens is 2. The molecule has 2 aromatic heterocycles. The van der Waals surface area contributed by atoms with Gasteiger partial charge in [-0.1, -0.05) is 6.07 Å². The fraction of sp³-hybridized carbons (Fsp3) is 0.333. The lowest BCUT2D eigenvalue weighted by molar-refractivity contribution is 0.0271. The number of pyridine rings is 1. The van der Waals surface area contributed by atoms with Gasteiger partial charge in [0.15, 0.2) is 0 Å². The van der Waals surface area contributed by atoms with Crippen molar-refractivity contribution in [2.45, 2.75) is 24.2 Å². The number of halogens is 1. The summed E-state index contributed by atoms with van der Waals surface area (Å²) in [5, 5.41) is 0.730. The first-order valence-corrected chi connectivity index (χ1v) is 10.5. The number of amides is 1. The van der Waals surface area contributed by atoms with E-state index in [1.54, 1.807) is 18.3 Å². The smallest absolute Gasteiger partial charge is 0.277 e. The van der Waals surface area contributed by atoms with E-state index in [-0.39, 0.29) is 11.7 Å². The molecule has 146 valence electrons. The third kappa shape index (κ3) is 3.77. The van der Waals surface area contributed by atoms with Crippen LogP contribution in [0.25, 0.3) is 11.0 Å². The van der Waals surface area contributed by atoms with Gasteiger partial charge in [-0.2, -0.15) is 0 Å². The summed E-state index contributed by atoms with van der Waals surface area (Å²) in [4.78, 5) is 23.5. The molecule has 1 aliphatic carbocycles. The van der Waals surface area contributed by atoms with Crippen molar-refractivity contribution in [2.24, 2.45) is 13.0 Å². The van der Waals surface area contributed by atoms with E-state index in [4.69, 9.17) is 4.84 Å². The summed E-state index contributed by atoms with van der Waals surface area (Å²) in [5.74, 6) is -0.0604. The maximum absolute atomic E-state index is 14.6. The Balaban J connectivity index is 1.69. The summed E-state index contributed by atoms with van der Waals surface area (Å²) in [6.45, 7) is 0.523. The molecule has 1 amide bonds. The van der Waals surface area contributed by atoms with Crippen LogP contribution >= 0.6 is 11.8 Å². The van der Waals surface area contributed by atoms with Crippen LogP contribution in [0.5, 0.6) is 0 Å². The Labute approximate surface area is 167 Å². The topological polar surface area (TPSA) is 56.1 Å². The summed E-state index contributed by atoms with van der Waals surface area (Å²) in [6.07, 6.45) is 6.17. The number of thioether (sulfide) groups is 1. The van der Waals surface area contributed by atoms with E-state index in [2.05, 4.69) is 10.5 Å². The zero-order valence-electron chi connectivity index (χ0n) is 15.9. The molecule has 3 aromatic rings. The van der Waals surface area contributed by atoms with Gasteiger partial charge in [-0.3, -0.25) is 9.63 Å². The number of hydrogen-bond donors (Lipinski definition) is 1.